The summed E-state index contributed by atoms with van der Waals surface area (Å²) in [7, 11) is 0. The van der Waals surface area contributed by atoms with E-state index in [-0.39, 0.29) is 0 Å². The Hall–Kier alpha value is -0.860. The van der Waals surface area contributed by atoms with E-state index >= 15 is 0 Å². The summed E-state index contributed by atoms with van der Waals surface area (Å²) in [5, 5.41) is 12.1. The zero-order valence-corrected chi connectivity index (χ0v) is 10.6. The van der Waals surface area contributed by atoms with Gasteiger partial charge in [0, 0.05) is 13.2 Å². The lowest BCUT2D eigenvalue weighted by molar-refractivity contribution is 0.283. The van der Waals surface area contributed by atoms with Crippen LogP contribution in [-0.4, -0.2) is 18.3 Å². The summed E-state index contributed by atoms with van der Waals surface area (Å²) in [4.78, 5) is 0. The van der Waals surface area contributed by atoms with Crippen LogP contribution < -0.4 is 5.32 Å². The van der Waals surface area contributed by atoms with Gasteiger partial charge in [0.15, 0.2) is 0 Å². The fraction of sp³-hybridized carbons (Fsp3) is 0.571. The van der Waals surface area contributed by atoms with Crippen LogP contribution in [0.2, 0.25) is 0 Å². The van der Waals surface area contributed by atoms with Crippen molar-refractivity contribution in [3.63, 3.8) is 0 Å². The van der Waals surface area contributed by atoms with Crippen LogP contribution in [-0.2, 0) is 6.54 Å². The first-order valence-corrected chi connectivity index (χ1v) is 6.03. The van der Waals surface area contributed by atoms with Gasteiger partial charge in [-0.1, -0.05) is 17.7 Å². The van der Waals surface area contributed by atoms with Crippen LogP contribution in [0.1, 0.15) is 35.1 Å². The van der Waals surface area contributed by atoms with Crippen LogP contribution in [0.4, 0.5) is 0 Å². The van der Waals surface area contributed by atoms with Crippen LogP contribution in [0.15, 0.2) is 12.1 Å². The Kier molecular flexibility index (Phi) is 5.50. The number of rotatable bonds is 6. The minimum atomic E-state index is 0.296. The van der Waals surface area contributed by atoms with E-state index in [4.69, 9.17) is 5.11 Å². The highest BCUT2D eigenvalue weighted by molar-refractivity contribution is 5.37. The van der Waals surface area contributed by atoms with Crippen LogP contribution in [0.25, 0.3) is 0 Å². The molecule has 0 radical (unpaired) electrons. The number of unbranched alkanes of at least 4 members (excludes halogenated alkanes) is 1. The van der Waals surface area contributed by atoms with Gasteiger partial charge in [-0.05, 0) is 56.8 Å². The number of hydrogen-bond acceptors (Lipinski definition) is 2. The van der Waals surface area contributed by atoms with Crippen LogP contribution in [0, 0.1) is 20.8 Å². The molecule has 2 N–H and O–H groups in total. The molecule has 0 amide bonds. The van der Waals surface area contributed by atoms with Gasteiger partial charge in [-0.25, -0.2) is 0 Å². The van der Waals surface area contributed by atoms with Crippen molar-refractivity contribution in [2.45, 2.75) is 40.2 Å². The fourth-order valence-corrected chi connectivity index (χ4v) is 2.06. The van der Waals surface area contributed by atoms with Gasteiger partial charge in [0.05, 0.1) is 0 Å². The Balaban J connectivity index is 2.47. The molecule has 0 spiro atoms. The molecule has 0 saturated heterocycles. The second-order valence-corrected chi connectivity index (χ2v) is 4.48. The molecule has 1 rings (SSSR count). The monoisotopic (exact) mass is 221 g/mol. The van der Waals surface area contributed by atoms with Crippen LogP contribution in [0.5, 0.6) is 0 Å². The Labute approximate surface area is 98.7 Å². The van der Waals surface area contributed by atoms with Crippen molar-refractivity contribution >= 4 is 0 Å². The van der Waals surface area contributed by atoms with Gasteiger partial charge in [-0.15, -0.1) is 0 Å². The Morgan fingerprint density at radius 3 is 2.25 bits per heavy atom. The van der Waals surface area contributed by atoms with Crippen molar-refractivity contribution in [2.75, 3.05) is 13.2 Å². The predicted octanol–water partition coefficient (Wildman–Crippen LogP) is 2.47. The minimum Gasteiger partial charge on any atom is -0.396 e. The molecule has 1 aromatic carbocycles. The zero-order chi connectivity index (χ0) is 12.0. The van der Waals surface area contributed by atoms with Crippen molar-refractivity contribution in [3.8, 4) is 0 Å². The molecular formula is C14H23NO. The number of hydrogen-bond donors (Lipinski definition) is 2. The molecule has 0 aliphatic rings. The van der Waals surface area contributed by atoms with E-state index in [0.717, 1.165) is 25.9 Å². The van der Waals surface area contributed by atoms with Crippen molar-refractivity contribution in [2.24, 2.45) is 0 Å². The van der Waals surface area contributed by atoms with Crippen LogP contribution >= 0.6 is 0 Å². The molecule has 0 aliphatic carbocycles. The Morgan fingerprint density at radius 2 is 1.69 bits per heavy atom. The highest BCUT2D eigenvalue weighted by atomic mass is 16.2. The largest absolute Gasteiger partial charge is 0.396 e. The van der Waals surface area contributed by atoms with Gasteiger partial charge >= 0.3 is 0 Å². The molecule has 16 heavy (non-hydrogen) atoms. The van der Waals surface area contributed by atoms with E-state index in [1.165, 1.54) is 22.3 Å². The third-order valence-electron chi connectivity index (χ3n) is 2.90. The van der Waals surface area contributed by atoms with Gasteiger partial charge < -0.3 is 10.4 Å². The molecule has 0 saturated carbocycles. The third-order valence-corrected chi connectivity index (χ3v) is 2.90. The standard InChI is InChI=1S/C14H23NO/c1-11-8-12(2)14(13(3)9-11)10-15-6-4-5-7-16/h8-9,15-16H,4-7,10H2,1-3H3. The van der Waals surface area contributed by atoms with Crippen molar-refractivity contribution < 1.29 is 5.11 Å². The lowest BCUT2D eigenvalue weighted by Gasteiger charge is -2.12. The quantitative estimate of drug-likeness (QED) is 0.723. The molecule has 0 aromatic heterocycles. The topological polar surface area (TPSA) is 32.3 Å². The maximum absolute atomic E-state index is 8.67. The maximum Gasteiger partial charge on any atom is 0.0431 e. The van der Waals surface area contributed by atoms with Crippen molar-refractivity contribution in [1.82, 2.24) is 5.32 Å². The average molecular weight is 221 g/mol. The first-order chi connectivity index (χ1) is 7.65. The molecule has 0 bridgehead atoms. The summed E-state index contributed by atoms with van der Waals surface area (Å²) >= 11 is 0. The first-order valence-electron chi connectivity index (χ1n) is 6.03. The minimum absolute atomic E-state index is 0.296. The summed E-state index contributed by atoms with van der Waals surface area (Å²) in [6.07, 6.45) is 1.93. The summed E-state index contributed by atoms with van der Waals surface area (Å²) in [5.41, 5.74) is 5.48. The summed E-state index contributed by atoms with van der Waals surface area (Å²) in [6.45, 7) is 8.69. The van der Waals surface area contributed by atoms with Gasteiger partial charge in [0.2, 0.25) is 0 Å². The molecular weight excluding hydrogens is 198 g/mol. The normalized spacial score (nSPS) is 10.8. The predicted molar refractivity (Wildman–Crippen MR) is 68.7 cm³/mol. The number of aliphatic hydroxyl groups excluding tert-OH is 1. The molecule has 0 fully saturated rings. The highest BCUT2D eigenvalue weighted by Crippen LogP contribution is 2.15. The van der Waals surface area contributed by atoms with E-state index in [0.29, 0.717) is 6.61 Å². The molecule has 0 unspecified atom stereocenters. The second kappa shape index (κ2) is 6.66. The lowest BCUT2D eigenvalue weighted by Crippen LogP contribution is -2.16. The number of aliphatic hydroxyl groups is 1. The fourth-order valence-electron chi connectivity index (χ4n) is 2.06. The smallest absolute Gasteiger partial charge is 0.0431 e. The first kappa shape index (κ1) is 13.2. The number of benzene rings is 1. The average Bonchev–Trinajstić information content (AvgIpc) is 2.20. The van der Waals surface area contributed by atoms with E-state index in [1.807, 2.05) is 0 Å². The van der Waals surface area contributed by atoms with E-state index in [1.54, 1.807) is 0 Å². The van der Waals surface area contributed by atoms with E-state index in [9.17, 15) is 0 Å². The Bertz CT molecular complexity index is 311. The lowest BCUT2D eigenvalue weighted by atomic mass is 10.00. The van der Waals surface area contributed by atoms with Gasteiger partial charge in [-0.2, -0.15) is 0 Å². The molecule has 2 nitrogen and oxygen atoms in total. The molecule has 1 aromatic rings. The third kappa shape index (κ3) is 3.95. The van der Waals surface area contributed by atoms with E-state index < -0.39 is 0 Å². The summed E-state index contributed by atoms with van der Waals surface area (Å²) < 4.78 is 0. The zero-order valence-electron chi connectivity index (χ0n) is 10.6. The molecule has 90 valence electrons. The summed E-state index contributed by atoms with van der Waals surface area (Å²) in [5.74, 6) is 0. The number of aryl methyl sites for hydroxylation is 3. The molecule has 2 heteroatoms. The van der Waals surface area contributed by atoms with Crippen LogP contribution in [0.3, 0.4) is 0 Å². The molecule has 0 atom stereocenters. The number of nitrogens with one attached hydrogen (secondary N) is 1. The van der Waals surface area contributed by atoms with Crippen molar-refractivity contribution in [1.29, 1.82) is 0 Å². The highest BCUT2D eigenvalue weighted by Gasteiger charge is 2.02. The van der Waals surface area contributed by atoms with Gasteiger partial charge in [0.1, 0.15) is 0 Å². The molecule has 0 heterocycles. The van der Waals surface area contributed by atoms with E-state index in [2.05, 4.69) is 38.2 Å². The maximum atomic E-state index is 8.67. The van der Waals surface area contributed by atoms with Crippen molar-refractivity contribution in [3.05, 3.63) is 34.4 Å². The van der Waals surface area contributed by atoms with Gasteiger partial charge in [0.25, 0.3) is 0 Å². The van der Waals surface area contributed by atoms with Gasteiger partial charge in [-0.3, -0.25) is 0 Å². The summed E-state index contributed by atoms with van der Waals surface area (Å²) in [6, 6.07) is 4.47. The SMILES string of the molecule is Cc1cc(C)c(CNCCCCO)c(C)c1. The second-order valence-electron chi connectivity index (χ2n) is 4.48. The molecule has 0 aliphatic heterocycles. The Morgan fingerprint density at radius 1 is 1.06 bits per heavy atom.